The number of alkyl halides is 2. The van der Waals surface area contributed by atoms with Gasteiger partial charge in [-0.1, -0.05) is 6.92 Å². The second-order valence-corrected chi connectivity index (χ2v) is 4.09. The number of hydrogen-bond donors (Lipinski definition) is 1. The monoisotopic (exact) mass is 296 g/mol. The van der Waals surface area contributed by atoms with Gasteiger partial charge in [-0.3, -0.25) is 0 Å². The molecule has 0 unspecified atom stereocenters. The van der Waals surface area contributed by atoms with Crippen molar-refractivity contribution in [3.8, 4) is 0 Å². The Morgan fingerprint density at radius 3 is 2.56 bits per heavy atom. The molecule has 0 aliphatic heterocycles. The molecule has 1 aromatic rings. The molecule has 7 heteroatoms. The quantitative estimate of drug-likeness (QED) is 0.929. The average molecular weight is 297 g/mol. The predicted molar refractivity (Wildman–Crippen MR) is 56.6 cm³/mol. The van der Waals surface area contributed by atoms with E-state index in [1.807, 2.05) is 0 Å². The topological polar surface area (TPSA) is 55.1 Å². The van der Waals surface area contributed by atoms with Crippen LogP contribution in [0, 0.1) is 6.92 Å². The van der Waals surface area contributed by atoms with E-state index >= 15 is 0 Å². The summed E-state index contributed by atoms with van der Waals surface area (Å²) in [6.07, 6.45) is -2.56. The van der Waals surface area contributed by atoms with Crippen LogP contribution in [0.3, 0.4) is 0 Å². The van der Waals surface area contributed by atoms with Crippen LogP contribution < -0.4 is 0 Å². The molecule has 0 spiro atoms. The Kier molecular flexibility index (Phi) is 4.01. The first-order valence-corrected chi connectivity index (χ1v) is 5.44. The highest BCUT2D eigenvalue weighted by atomic mass is 79.9. The second kappa shape index (κ2) is 4.90. The molecule has 0 amide bonds. The minimum Gasteiger partial charge on any atom is -0.480 e. The number of halogens is 3. The molecule has 0 saturated carbocycles. The molecule has 1 atom stereocenters. The third-order valence-corrected chi connectivity index (χ3v) is 3.20. The molecule has 1 N–H and O–H groups in total. The fourth-order valence-electron chi connectivity index (χ4n) is 1.43. The molecule has 1 heterocycles. The van der Waals surface area contributed by atoms with Crippen molar-refractivity contribution in [2.75, 3.05) is 0 Å². The van der Waals surface area contributed by atoms with E-state index in [0.717, 1.165) is 4.68 Å². The largest absolute Gasteiger partial charge is 0.480 e. The van der Waals surface area contributed by atoms with Crippen LogP contribution in [0.1, 0.15) is 37.2 Å². The zero-order valence-corrected chi connectivity index (χ0v) is 10.3. The highest BCUT2D eigenvalue weighted by molar-refractivity contribution is 9.10. The van der Waals surface area contributed by atoms with Gasteiger partial charge < -0.3 is 5.11 Å². The Bertz CT molecular complexity index is 406. The van der Waals surface area contributed by atoms with Crippen molar-refractivity contribution in [3.05, 3.63) is 15.9 Å². The molecule has 0 aliphatic rings. The van der Waals surface area contributed by atoms with Gasteiger partial charge in [-0.2, -0.15) is 5.10 Å². The van der Waals surface area contributed by atoms with Gasteiger partial charge in [0, 0.05) is 0 Å². The summed E-state index contributed by atoms with van der Waals surface area (Å²) in [6.45, 7) is 3.15. The van der Waals surface area contributed by atoms with Crippen LogP contribution in [-0.4, -0.2) is 20.9 Å². The summed E-state index contributed by atoms with van der Waals surface area (Å²) in [5.41, 5.74) is -0.0262. The molecular formula is C9H11BrF2N2O2. The molecule has 0 bridgehead atoms. The van der Waals surface area contributed by atoms with Gasteiger partial charge in [-0.25, -0.2) is 18.3 Å². The molecule has 0 saturated heterocycles. The number of carbonyl (C=O) groups is 1. The lowest BCUT2D eigenvalue weighted by atomic mass is 10.2. The lowest BCUT2D eigenvalue weighted by molar-refractivity contribution is -0.141. The van der Waals surface area contributed by atoms with E-state index in [0.29, 0.717) is 5.69 Å². The molecule has 16 heavy (non-hydrogen) atoms. The van der Waals surface area contributed by atoms with Crippen LogP contribution in [0.4, 0.5) is 8.78 Å². The Balaban J connectivity index is 3.32. The number of aliphatic carboxylic acids is 1. The Hall–Kier alpha value is -0.980. The molecular weight excluding hydrogens is 286 g/mol. The van der Waals surface area contributed by atoms with Crippen LogP contribution in [0.15, 0.2) is 4.47 Å². The zero-order valence-electron chi connectivity index (χ0n) is 8.75. The van der Waals surface area contributed by atoms with Gasteiger partial charge in [-0.15, -0.1) is 0 Å². The number of carboxylic acid groups (broad SMARTS) is 1. The maximum atomic E-state index is 12.8. The number of rotatable bonds is 4. The first kappa shape index (κ1) is 13.1. The minimum atomic E-state index is -2.76. The van der Waals surface area contributed by atoms with E-state index in [2.05, 4.69) is 21.0 Å². The van der Waals surface area contributed by atoms with E-state index < -0.39 is 18.4 Å². The first-order chi connectivity index (χ1) is 7.40. The molecule has 0 radical (unpaired) electrons. The van der Waals surface area contributed by atoms with Gasteiger partial charge in [0.2, 0.25) is 0 Å². The number of aromatic nitrogens is 2. The number of hydrogen-bond acceptors (Lipinski definition) is 2. The number of aryl methyl sites for hydroxylation is 1. The van der Waals surface area contributed by atoms with Crippen molar-refractivity contribution < 1.29 is 18.7 Å². The number of carboxylic acids is 1. The predicted octanol–water partition coefficient (Wildman–Crippen LogP) is 2.93. The van der Waals surface area contributed by atoms with Crippen LogP contribution >= 0.6 is 15.9 Å². The van der Waals surface area contributed by atoms with Crippen molar-refractivity contribution in [2.45, 2.75) is 32.7 Å². The molecule has 1 aromatic heterocycles. The summed E-state index contributed by atoms with van der Waals surface area (Å²) in [7, 11) is 0. The molecule has 4 nitrogen and oxygen atoms in total. The third-order valence-electron chi connectivity index (χ3n) is 2.22. The third kappa shape index (κ3) is 2.23. The van der Waals surface area contributed by atoms with Gasteiger partial charge >= 0.3 is 5.97 Å². The fraction of sp³-hybridized carbons (Fsp3) is 0.556. The van der Waals surface area contributed by atoms with Crippen molar-refractivity contribution in [1.82, 2.24) is 9.78 Å². The molecule has 0 aliphatic carbocycles. The van der Waals surface area contributed by atoms with Gasteiger partial charge in [0.05, 0.1) is 10.2 Å². The van der Waals surface area contributed by atoms with Crippen LogP contribution in [0.2, 0.25) is 0 Å². The second-order valence-electron chi connectivity index (χ2n) is 3.29. The van der Waals surface area contributed by atoms with Crippen LogP contribution in [0.25, 0.3) is 0 Å². The van der Waals surface area contributed by atoms with Gasteiger partial charge in [0.15, 0.2) is 0 Å². The molecule has 1 rings (SSSR count). The highest BCUT2D eigenvalue weighted by Gasteiger charge is 2.28. The van der Waals surface area contributed by atoms with Crippen LogP contribution in [0.5, 0.6) is 0 Å². The Labute approximate surface area is 99.4 Å². The van der Waals surface area contributed by atoms with E-state index in [1.54, 1.807) is 13.8 Å². The maximum Gasteiger partial charge on any atom is 0.328 e. The van der Waals surface area contributed by atoms with Crippen molar-refractivity contribution in [3.63, 3.8) is 0 Å². The SMILES string of the molecule is CC[C@@H](C(=O)O)n1nc(C)c(Br)c1C(F)F. The summed E-state index contributed by atoms with van der Waals surface area (Å²) < 4.78 is 26.6. The van der Waals surface area contributed by atoms with E-state index in [9.17, 15) is 13.6 Å². The first-order valence-electron chi connectivity index (χ1n) is 4.65. The fourth-order valence-corrected chi connectivity index (χ4v) is 1.86. The average Bonchev–Trinajstić information content (AvgIpc) is 2.43. The standard InChI is InChI=1S/C9H11BrF2N2O2/c1-3-5(9(15)16)14-7(8(11)12)6(10)4(2)13-14/h5,8H,3H2,1-2H3,(H,15,16)/t5-/m0/s1. The van der Waals surface area contributed by atoms with Crippen molar-refractivity contribution in [1.29, 1.82) is 0 Å². The summed E-state index contributed by atoms with van der Waals surface area (Å²) in [6, 6.07) is -1.06. The Morgan fingerprint density at radius 1 is 1.62 bits per heavy atom. The van der Waals surface area contributed by atoms with Crippen molar-refractivity contribution >= 4 is 21.9 Å². The Morgan fingerprint density at radius 2 is 2.19 bits per heavy atom. The smallest absolute Gasteiger partial charge is 0.328 e. The van der Waals surface area contributed by atoms with Crippen LogP contribution in [-0.2, 0) is 4.79 Å². The zero-order chi connectivity index (χ0) is 12.5. The lowest BCUT2D eigenvalue weighted by Gasteiger charge is -2.13. The minimum absolute atomic E-state index is 0.169. The summed E-state index contributed by atoms with van der Waals surface area (Å²) in [4.78, 5) is 10.9. The molecule has 0 fully saturated rings. The normalized spacial score (nSPS) is 13.1. The summed E-state index contributed by atoms with van der Waals surface area (Å²) in [5, 5.41) is 12.7. The van der Waals surface area contributed by atoms with Gasteiger partial charge in [0.1, 0.15) is 11.7 Å². The van der Waals surface area contributed by atoms with E-state index in [1.165, 1.54) is 0 Å². The van der Waals surface area contributed by atoms with Gasteiger partial charge in [-0.05, 0) is 29.3 Å². The van der Waals surface area contributed by atoms with Gasteiger partial charge in [0.25, 0.3) is 6.43 Å². The van der Waals surface area contributed by atoms with E-state index in [-0.39, 0.29) is 16.6 Å². The molecule has 0 aromatic carbocycles. The summed E-state index contributed by atoms with van der Waals surface area (Å²) >= 11 is 2.99. The van der Waals surface area contributed by atoms with E-state index in [4.69, 9.17) is 5.11 Å². The number of nitrogens with zero attached hydrogens (tertiary/aromatic N) is 2. The summed E-state index contributed by atoms with van der Waals surface area (Å²) in [5.74, 6) is -1.17. The van der Waals surface area contributed by atoms with Crippen molar-refractivity contribution in [2.24, 2.45) is 0 Å². The molecule has 90 valence electrons. The lowest BCUT2D eigenvalue weighted by Crippen LogP contribution is -2.21. The maximum absolute atomic E-state index is 12.8. The highest BCUT2D eigenvalue weighted by Crippen LogP contribution is 2.32.